The maximum absolute atomic E-state index is 5.83. The van der Waals surface area contributed by atoms with Gasteiger partial charge in [-0.3, -0.25) is 0 Å². The molecular weight excluding hydrogens is 248 g/mol. The zero-order valence-corrected chi connectivity index (χ0v) is 14.0. The molecule has 0 atom stereocenters. The van der Waals surface area contributed by atoms with E-state index in [-0.39, 0.29) is 6.29 Å². The van der Waals surface area contributed by atoms with Gasteiger partial charge >= 0.3 is 0 Å². The molecule has 0 unspecified atom stereocenters. The van der Waals surface area contributed by atoms with Crippen molar-refractivity contribution in [2.45, 2.75) is 91.3 Å². The van der Waals surface area contributed by atoms with Crippen molar-refractivity contribution < 1.29 is 9.47 Å². The Labute approximate surface area is 126 Å². The maximum atomic E-state index is 5.83. The fourth-order valence-electron chi connectivity index (χ4n) is 1.99. The monoisotopic (exact) mass is 284 g/mol. The van der Waals surface area contributed by atoms with Gasteiger partial charge in [-0.1, -0.05) is 71.8 Å². The van der Waals surface area contributed by atoms with Crippen LogP contribution in [0.3, 0.4) is 0 Å². The van der Waals surface area contributed by atoms with E-state index in [4.69, 9.17) is 9.47 Å². The zero-order valence-electron chi connectivity index (χ0n) is 14.0. The van der Waals surface area contributed by atoms with Crippen LogP contribution in [0.1, 0.15) is 85.0 Å². The van der Waals surface area contributed by atoms with E-state index in [1.807, 2.05) is 0 Å². The maximum Gasteiger partial charge on any atom is 0.176 e. The van der Waals surface area contributed by atoms with Crippen molar-refractivity contribution in [3.8, 4) is 0 Å². The van der Waals surface area contributed by atoms with Crippen molar-refractivity contribution in [3.05, 3.63) is 12.2 Å². The molecule has 2 heteroatoms. The molecule has 0 aromatic carbocycles. The van der Waals surface area contributed by atoms with Crippen molar-refractivity contribution in [1.29, 1.82) is 0 Å². The van der Waals surface area contributed by atoms with Crippen molar-refractivity contribution >= 4 is 0 Å². The van der Waals surface area contributed by atoms with Gasteiger partial charge in [0.15, 0.2) is 6.29 Å². The van der Waals surface area contributed by atoms with E-state index in [1.165, 1.54) is 44.9 Å². The van der Waals surface area contributed by atoms with E-state index in [9.17, 15) is 0 Å². The third-order valence-electron chi connectivity index (χ3n) is 3.31. The summed E-state index contributed by atoms with van der Waals surface area (Å²) in [6.07, 6.45) is 16.4. The van der Waals surface area contributed by atoms with Crippen LogP contribution in [0, 0.1) is 0 Å². The van der Waals surface area contributed by atoms with Gasteiger partial charge < -0.3 is 9.47 Å². The summed E-state index contributed by atoms with van der Waals surface area (Å²) in [6.45, 7) is 8.29. The molecule has 20 heavy (non-hydrogen) atoms. The van der Waals surface area contributed by atoms with Gasteiger partial charge in [0.05, 0.1) is 13.2 Å². The molecule has 0 bridgehead atoms. The number of rotatable bonds is 15. The van der Waals surface area contributed by atoms with E-state index in [0.29, 0.717) is 0 Å². The molecule has 2 nitrogen and oxygen atoms in total. The number of hydrogen-bond acceptors (Lipinski definition) is 2. The summed E-state index contributed by atoms with van der Waals surface area (Å²) < 4.78 is 11.7. The summed E-state index contributed by atoms with van der Waals surface area (Å²) >= 11 is 0. The van der Waals surface area contributed by atoms with Crippen LogP contribution in [-0.2, 0) is 9.47 Å². The largest absolute Gasteiger partial charge is 0.349 e. The van der Waals surface area contributed by atoms with Crippen LogP contribution < -0.4 is 0 Å². The zero-order chi connectivity index (χ0) is 14.9. The van der Waals surface area contributed by atoms with E-state index >= 15 is 0 Å². The highest BCUT2D eigenvalue weighted by Gasteiger charge is 2.04. The van der Waals surface area contributed by atoms with Gasteiger partial charge in [0.2, 0.25) is 0 Å². The molecule has 0 aliphatic rings. The summed E-state index contributed by atoms with van der Waals surface area (Å²) in [7, 11) is 0. The first-order valence-electron chi connectivity index (χ1n) is 8.74. The van der Waals surface area contributed by atoms with Crippen LogP contribution >= 0.6 is 0 Å². The molecule has 0 saturated heterocycles. The summed E-state index contributed by atoms with van der Waals surface area (Å²) in [5.41, 5.74) is 0. The standard InChI is InChI=1S/C18H36O2/c1-4-7-10-13-16-19-18(15-12-9-6-3)20-17-14-11-8-5-2/h12,15,18H,4-11,13-14,16-17H2,1-3H3. The Morgan fingerprint density at radius 2 is 1.25 bits per heavy atom. The minimum Gasteiger partial charge on any atom is -0.349 e. The Kier molecular flexibility index (Phi) is 16.4. The van der Waals surface area contributed by atoms with Crippen LogP contribution in [0.25, 0.3) is 0 Å². The van der Waals surface area contributed by atoms with Crippen LogP contribution in [0.4, 0.5) is 0 Å². The molecule has 0 heterocycles. The van der Waals surface area contributed by atoms with Gasteiger partial charge in [-0.15, -0.1) is 0 Å². The van der Waals surface area contributed by atoms with Crippen LogP contribution in [0.5, 0.6) is 0 Å². The van der Waals surface area contributed by atoms with Crippen LogP contribution in [0.15, 0.2) is 12.2 Å². The quantitative estimate of drug-likeness (QED) is 0.213. The second-order valence-corrected chi connectivity index (χ2v) is 5.45. The number of hydrogen-bond donors (Lipinski definition) is 0. The summed E-state index contributed by atoms with van der Waals surface area (Å²) in [6, 6.07) is 0. The van der Waals surface area contributed by atoms with Crippen LogP contribution in [0.2, 0.25) is 0 Å². The molecular formula is C18H36O2. The van der Waals surface area contributed by atoms with E-state index in [2.05, 4.69) is 32.9 Å². The SMILES string of the molecule is CCCC=CC(OCCCCCC)OCCCCCC. The first-order valence-corrected chi connectivity index (χ1v) is 8.74. The number of unbranched alkanes of at least 4 members (excludes halogenated alkanes) is 7. The lowest BCUT2D eigenvalue weighted by atomic mass is 10.2. The smallest absolute Gasteiger partial charge is 0.176 e. The fourth-order valence-corrected chi connectivity index (χ4v) is 1.99. The molecule has 0 aliphatic carbocycles. The second kappa shape index (κ2) is 16.7. The third kappa shape index (κ3) is 14.1. The minimum absolute atomic E-state index is 0.134. The number of ether oxygens (including phenoxy) is 2. The van der Waals surface area contributed by atoms with Gasteiger partial charge in [0.25, 0.3) is 0 Å². The van der Waals surface area contributed by atoms with E-state index in [1.54, 1.807) is 0 Å². The Hall–Kier alpha value is -0.340. The first kappa shape index (κ1) is 19.7. The van der Waals surface area contributed by atoms with Gasteiger partial charge in [-0.2, -0.15) is 0 Å². The van der Waals surface area contributed by atoms with Gasteiger partial charge in [-0.05, 0) is 25.3 Å². The predicted molar refractivity (Wildman–Crippen MR) is 88.0 cm³/mol. The molecule has 0 aromatic rings. The molecule has 0 radical (unpaired) electrons. The van der Waals surface area contributed by atoms with Crippen molar-refractivity contribution in [2.75, 3.05) is 13.2 Å². The molecule has 0 saturated carbocycles. The predicted octanol–water partition coefficient (Wildman–Crippen LogP) is 5.86. The van der Waals surface area contributed by atoms with E-state index in [0.717, 1.165) is 32.5 Å². The molecule has 0 rings (SSSR count). The van der Waals surface area contributed by atoms with Crippen LogP contribution in [-0.4, -0.2) is 19.5 Å². The first-order chi connectivity index (χ1) is 9.85. The topological polar surface area (TPSA) is 18.5 Å². The number of allylic oxidation sites excluding steroid dienone is 1. The fraction of sp³-hybridized carbons (Fsp3) is 0.889. The summed E-state index contributed by atoms with van der Waals surface area (Å²) in [5.74, 6) is 0. The molecule has 0 aliphatic heterocycles. The van der Waals surface area contributed by atoms with E-state index < -0.39 is 0 Å². The average molecular weight is 284 g/mol. The molecule has 0 N–H and O–H groups in total. The molecule has 0 fully saturated rings. The van der Waals surface area contributed by atoms with Gasteiger partial charge in [0.1, 0.15) is 0 Å². The highest BCUT2D eigenvalue weighted by Crippen LogP contribution is 2.06. The molecule has 0 spiro atoms. The highest BCUT2D eigenvalue weighted by atomic mass is 16.7. The van der Waals surface area contributed by atoms with Crippen molar-refractivity contribution in [2.24, 2.45) is 0 Å². The third-order valence-corrected chi connectivity index (χ3v) is 3.31. The lowest BCUT2D eigenvalue weighted by molar-refractivity contribution is -0.113. The molecule has 0 aromatic heterocycles. The second-order valence-electron chi connectivity index (χ2n) is 5.45. The van der Waals surface area contributed by atoms with Crippen molar-refractivity contribution in [3.63, 3.8) is 0 Å². The Morgan fingerprint density at radius 1 is 0.700 bits per heavy atom. The molecule has 120 valence electrons. The van der Waals surface area contributed by atoms with Crippen molar-refractivity contribution in [1.82, 2.24) is 0 Å². The normalized spacial score (nSPS) is 11.8. The van der Waals surface area contributed by atoms with Gasteiger partial charge in [0, 0.05) is 0 Å². The van der Waals surface area contributed by atoms with Gasteiger partial charge in [-0.25, -0.2) is 0 Å². The lowest BCUT2D eigenvalue weighted by Crippen LogP contribution is -2.16. The average Bonchev–Trinajstić information content (AvgIpc) is 2.46. The lowest BCUT2D eigenvalue weighted by Gasteiger charge is -2.15. The Morgan fingerprint density at radius 3 is 1.70 bits per heavy atom. The minimum atomic E-state index is -0.134. The summed E-state index contributed by atoms with van der Waals surface area (Å²) in [5, 5.41) is 0. The highest BCUT2D eigenvalue weighted by molar-refractivity contribution is 4.85. The Balaban J connectivity index is 3.76. The molecule has 0 amide bonds. The summed E-state index contributed by atoms with van der Waals surface area (Å²) in [4.78, 5) is 0. The Bertz CT molecular complexity index is 188.